The molecule has 19 heavy (non-hydrogen) atoms. The Balaban J connectivity index is 2.25. The number of carbonyl (C=O) groups excluding carboxylic acids is 1. The molecule has 2 aromatic rings. The van der Waals surface area contributed by atoms with Crippen LogP contribution in [0.4, 0.5) is 5.69 Å². The lowest BCUT2D eigenvalue weighted by Crippen LogP contribution is -2.12. The fraction of sp³-hybridized carbons (Fsp3) is 0.0714. The summed E-state index contributed by atoms with van der Waals surface area (Å²) in [5.41, 5.74) is 2.40. The van der Waals surface area contributed by atoms with Gasteiger partial charge in [0.05, 0.1) is 5.69 Å². The molecule has 0 saturated heterocycles. The zero-order valence-electron chi connectivity index (χ0n) is 10.0. The minimum Gasteiger partial charge on any atom is -0.321 e. The first-order valence-corrected chi connectivity index (χ1v) is 7.88. The summed E-state index contributed by atoms with van der Waals surface area (Å²) in [5, 5.41) is 2.88. The van der Waals surface area contributed by atoms with Gasteiger partial charge in [-0.1, -0.05) is 31.9 Å². The lowest BCUT2D eigenvalue weighted by Gasteiger charge is -2.09. The van der Waals surface area contributed by atoms with Crippen molar-refractivity contribution in [2.45, 2.75) is 6.92 Å². The van der Waals surface area contributed by atoms with Crippen LogP contribution in [-0.2, 0) is 0 Å². The van der Waals surface area contributed by atoms with Crippen LogP contribution < -0.4 is 5.32 Å². The van der Waals surface area contributed by atoms with Crippen molar-refractivity contribution >= 4 is 59.4 Å². The summed E-state index contributed by atoms with van der Waals surface area (Å²) < 4.78 is 2.75. The number of benzene rings is 2. The van der Waals surface area contributed by atoms with Crippen molar-refractivity contribution in [3.8, 4) is 0 Å². The molecule has 0 fully saturated rings. The lowest BCUT2D eigenvalue weighted by atomic mass is 10.1. The highest BCUT2D eigenvalue weighted by Gasteiger charge is 2.09. The van der Waals surface area contributed by atoms with Crippen LogP contribution in [0.5, 0.6) is 0 Å². The van der Waals surface area contributed by atoms with E-state index in [9.17, 15) is 4.79 Å². The number of hydrogen-bond donors (Lipinski definition) is 1. The topological polar surface area (TPSA) is 29.1 Å². The van der Waals surface area contributed by atoms with Crippen LogP contribution in [0.2, 0.25) is 0 Å². The molecule has 1 N–H and O–H groups in total. The van der Waals surface area contributed by atoms with Gasteiger partial charge in [-0.15, -0.1) is 0 Å². The number of rotatable bonds is 2. The van der Waals surface area contributed by atoms with Crippen molar-refractivity contribution in [1.82, 2.24) is 0 Å². The zero-order valence-corrected chi connectivity index (χ0v) is 14.8. The molecule has 0 bridgehead atoms. The van der Waals surface area contributed by atoms with Crippen LogP contribution in [0, 0.1) is 6.92 Å². The van der Waals surface area contributed by atoms with Gasteiger partial charge in [0, 0.05) is 19.0 Å². The maximum atomic E-state index is 12.2. The first kappa shape index (κ1) is 14.8. The van der Waals surface area contributed by atoms with Crippen LogP contribution in [0.15, 0.2) is 49.8 Å². The van der Waals surface area contributed by atoms with Crippen molar-refractivity contribution in [1.29, 1.82) is 0 Å². The van der Waals surface area contributed by atoms with E-state index in [0.717, 1.165) is 24.7 Å². The van der Waals surface area contributed by atoms with Crippen molar-refractivity contribution in [3.63, 3.8) is 0 Å². The van der Waals surface area contributed by atoms with E-state index < -0.39 is 0 Å². The monoisotopic (exact) mass is 445 g/mol. The predicted octanol–water partition coefficient (Wildman–Crippen LogP) is 5.53. The zero-order chi connectivity index (χ0) is 14.0. The Morgan fingerprint density at radius 3 is 2.37 bits per heavy atom. The van der Waals surface area contributed by atoms with Gasteiger partial charge in [0.2, 0.25) is 0 Å². The van der Waals surface area contributed by atoms with E-state index in [4.69, 9.17) is 0 Å². The van der Waals surface area contributed by atoms with Crippen molar-refractivity contribution in [2.24, 2.45) is 0 Å². The first-order valence-electron chi connectivity index (χ1n) is 5.50. The Labute approximate surface area is 137 Å². The van der Waals surface area contributed by atoms with Gasteiger partial charge in [-0.3, -0.25) is 4.79 Å². The molecule has 0 radical (unpaired) electrons. The lowest BCUT2D eigenvalue weighted by molar-refractivity contribution is 0.102. The van der Waals surface area contributed by atoms with Gasteiger partial charge in [0.25, 0.3) is 5.91 Å². The molecule has 5 heteroatoms. The molecule has 0 aromatic heterocycles. The molecule has 1 amide bonds. The molecule has 0 aliphatic carbocycles. The van der Waals surface area contributed by atoms with Gasteiger partial charge in [-0.2, -0.15) is 0 Å². The Morgan fingerprint density at radius 2 is 1.68 bits per heavy atom. The maximum Gasteiger partial charge on any atom is 0.255 e. The molecule has 2 nitrogen and oxygen atoms in total. The molecule has 98 valence electrons. The third-order valence-corrected chi connectivity index (χ3v) is 4.67. The number of hydrogen-bond acceptors (Lipinski definition) is 1. The SMILES string of the molecule is Cc1cc(C(=O)Nc2cc(Br)ccc2Br)ccc1Br. The highest BCUT2D eigenvalue weighted by molar-refractivity contribution is 9.11. The highest BCUT2D eigenvalue weighted by Crippen LogP contribution is 2.27. The van der Waals surface area contributed by atoms with Gasteiger partial charge >= 0.3 is 0 Å². The molecule has 0 spiro atoms. The maximum absolute atomic E-state index is 12.2. The summed E-state index contributed by atoms with van der Waals surface area (Å²) in [5.74, 6) is -0.130. The van der Waals surface area contributed by atoms with E-state index in [1.165, 1.54) is 0 Å². The van der Waals surface area contributed by atoms with Crippen LogP contribution >= 0.6 is 47.8 Å². The summed E-state index contributed by atoms with van der Waals surface area (Å²) >= 11 is 10.2. The third-order valence-electron chi connectivity index (χ3n) is 2.60. The third kappa shape index (κ3) is 3.68. The Hall–Kier alpha value is -0.650. The average Bonchev–Trinajstić information content (AvgIpc) is 2.37. The van der Waals surface area contributed by atoms with Crippen LogP contribution in [0.3, 0.4) is 0 Å². The van der Waals surface area contributed by atoms with E-state index in [2.05, 4.69) is 53.1 Å². The second-order valence-corrected chi connectivity index (χ2v) is 6.67. The van der Waals surface area contributed by atoms with Crippen molar-refractivity contribution in [2.75, 3.05) is 5.32 Å². The van der Waals surface area contributed by atoms with Crippen molar-refractivity contribution < 1.29 is 4.79 Å². The van der Waals surface area contributed by atoms with Crippen LogP contribution in [0.25, 0.3) is 0 Å². The number of amides is 1. The fourth-order valence-corrected chi connectivity index (χ4v) is 2.53. The summed E-state index contributed by atoms with van der Waals surface area (Å²) in [6.07, 6.45) is 0. The Bertz CT molecular complexity index is 641. The van der Waals surface area contributed by atoms with Gasteiger partial charge in [-0.25, -0.2) is 0 Å². The smallest absolute Gasteiger partial charge is 0.255 e. The predicted molar refractivity (Wildman–Crippen MR) is 88.7 cm³/mol. The number of nitrogens with one attached hydrogen (secondary N) is 1. The first-order chi connectivity index (χ1) is 8.97. The quantitative estimate of drug-likeness (QED) is 0.643. The van der Waals surface area contributed by atoms with Crippen molar-refractivity contribution in [3.05, 3.63) is 60.9 Å². The molecule has 0 atom stereocenters. The standard InChI is InChI=1S/C14H10Br3NO/c1-8-6-9(2-4-11(8)16)14(19)18-13-7-10(15)3-5-12(13)17/h2-7H,1H3,(H,18,19). The molecule has 0 aliphatic heterocycles. The van der Waals surface area contributed by atoms with Gasteiger partial charge in [0.1, 0.15) is 0 Å². The molecule has 2 rings (SSSR count). The summed E-state index contributed by atoms with van der Waals surface area (Å²) in [4.78, 5) is 12.2. The molecular weight excluding hydrogens is 438 g/mol. The second kappa shape index (κ2) is 6.20. The van der Waals surface area contributed by atoms with E-state index >= 15 is 0 Å². The van der Waals surface area contributed by atoms with E-state index in [-0.39, 0.29) is 5.91 Å². The number of anilines is 1. The van der Waals surface area contributed by atoms with E-state index in [1.807, 2.05) is 37.3 Å². The second-order valence-electron chi connectivity index (χ2n) is 4.04. The normalized spacial score (nSPS) is 10.3. The summed E-state index contributed by atoms with van der Waals surface area (Å²) in [6.45, 7) is 1.95. The highest BCUT2D eigenvalue weighted by atomic mass is 79.9. The summed E-state index contributed by atoms with van der Waals surface area (Å²) in [7, 11) is 0. The number of aryl methyl sites for hydroxylation is 1. The number of halogens is 3. The number of carbonyl (C=O) groups is 1. The van der Waals surface area contributed by atoms with Crippen LogP contribution in [-0.4, -0.2) is 5.91 Å². The van der Waals surface area contributed by atoms with Gasteiger partial charge < -0.3 is 5.32 Å². The molecule has 2 aromatic carbocycles. The Morgan fingerprint density at radius 1 is 1.00 bits per heavy atom. The van der Waals surface area contributed by atoms with Gasteiger partial charge in [-0.05, 0) is 64.8 Å². The largest absolute Gasteiger partial charge is 0.321 e. The Kier molecular flexibility index (Phi) is 4.81. The molecule has 0 saturated carbocycles. The molecular formula is C14H10Br3NO. The molecule has 0 unspecified atom stereocenters. The fourth-order valence-electron chi connectivity index (χ4n) is 1.57. The average molecular weight is 448 g/mol. The molecule has 0 heterocycles. The van der Waals surface area contributed by atoms with Gasteiger partial charge in [0.15, 0.2) is 0 Å². The minimum absolute atomic E-state index is 0.130. The van der Waals surface area contributed by atoms with E-state index in [0.29, 0.717) is 5.56 Å². The minimum atomic E-state index is -0.130. The summed E-state index contributed by atoms with van der Waals surface area (Å²) in [6, 6.07) is 11.2. The van der Waals surface area contributed by atoms with Crippen LogP contribution in [0.1, 0.15) is 15.9 Å². The van der Waals surface area contributed by atoms with E-state index in [1.54, 1.807) is 6.07 Å². The molecule has 0 aliphatic rings.